The highest BCUT2D eigenvalue weighted by atomic mass is 19.1. The van der Waals surface area contributed by atoms with Crippen LogP contribution in [0.2, 0.25) is 0 Å². The molecule has 3 aromatic carbocycles. The standard InChI is InChI=1S/C29H22F3N/c1-2-3-5-22-11-17-28(31)27(29(22)32)15-9-20-8-13-25(33-19-20)14-10-21-6-4-7-23-18-24(30)12-16-26(21)23/h2,4,6-8,11-13,16-19H,1,3,5,9,15H2. The number of fused-ring (bicyclic) bond motifs is 1. The van der Waals surface area contributed by atoms with Crippen LogP contribution in [0.15, 0.2) is 79.5 Å². The van der Waals surface area contributed by atoms with E-state index >= 15 is 0 Å². The van der Waals surface area contributed by atoms with E-state index in [0.29, 0.717) is 30.5 Å². The molecule has 0 aliphatic rings. The Morgan fingerprint density at radius 1 is 0.879 bits per heavy atom. The average molecular weight is 441 g/mol. The lowest BCUT2D eigenvalue weighted by Gasteiger charge is -2.09. The summed E-state index contributed by atoms with van der Waals surface area (Å²) < 4.78 is 42.3. The molecular weight excluding hydrogens is 419 g/mol. The van der Waals surface area contributed by atoms with Gasteiger partial charge in [-0.3, -0.25) is 0 Å². The molecule has 1 heterocycles. The Kier molecular flexibility index (Phi) is 6.90. The third-order valence-corrected chi connectivity index (χ3v) is 5.54. The molecule has 0 atom stereocenters. The number of halogens is 3. The van der Waals surface area contributed by atoms with Crippen LogP contribution >= 0.6 is 0 Å². The van der Waals surface area contributed by atoms with Gasteiger partial charge >= 0.3 is 0 Å². The number of hydrogen-bond acceptors (Lipinski definition) is 1. The molecule has 1 aromatic heterocycles. The van der Waals surface area contributed by atoms with Crippen molar-refractivity contribution in [2.24, 2.45) is 0 Å². The second-order valence-corrected chi connectivity index (χ2v) is 7.80. The molecule has 4 aromatic rings. The van der Waals surface area contributed by atoms with Crippen molar-refractivity contribution in [1.82, 2.24) is 4.98 Å². The van der Waals surface area contributed by atoms with Gasteiger partial charge < -0.3 is 0 Å². The van der Waals surface area contributed by atoms with Gasteiger partial charge in [0.25, 0.3) is 0 Å². The SMILES string of the molecule is C=CCCc1ccc(F)c(CCc2ccc(C#Cc3cccc4cc(F)ccc34)nc2)c1F. The molecule has 0 spiro atoms. The molecule has 0 N–H and O–H groups in total. The molecule has 1 nitrogen and oxygen atoms in total. The first-order valence-corrected chi connectivity index (χ1v) is 10.8. The fourth-order valence-corrected chi connectivity index (χ4v) is 3.74. The van der Waals surface area contributed by atoms with Crippen LogP contribution in [0.3, 0.4) is 0 Å². The molecule has 0 aliphatic heterocycles. The maximum atomic E-state index is 14.7. The average Bonchev–Trinajstić information content (AvgIpc) is 2.82. The molecule has 0 saturated carbocycles. The van der Waals surface area contributed by atoms with Crippen LogP contribution in [-0.4, -0.2) is 4.98 Å². The van der Waals surface area contributed by atoms with Gasteiger partial charge in [0.05, 0.1) is 0 Å². The van der Waals surface area contributed by atoms with Gasteiger partial charge in [-0.1, -0.05) is 42.3 Å². The van der Waals surface area contributed by atoms with Gasteiger partial charge in [0.2, 0.25) is 0 Å². The minimum absolute atomic E-state index is 0.104. The van der Waals surface area contributed by atoms with Crippen LogP contribution in [-0.2, 0) is 19.3 Å². The van der Waals surface area contributed by atoms with E-state index in [4.69, 9.17) is 0 Å². The molecule has 4 heteroatoms. The number of hydrogen-bond donors (Lipinski definition) is 0. The summed E-state index contributed by atoms with van der Waals surface area (Å²) in [7, 11) is 0. The van der Waals surface area contributed by atoms with Crippen molar-refractivity contribution in [3.63, 3.8) is 0 Å². The monoisotopic (exact) mass is 441 g/mol. The number of aryl methyl sites for hydroxylation is 2. The quantitative estimate of drug-likeness (QED) is 0.233. The molecule has 33 heavy (non-hydrogen) atoms. The normalized spacial score (nSPS) is 10.6. The number of benzene rings is 3. The largest absolute Gasteiger partial charge is 0.248 e. The van der Waals surface area contributed by atoms with Gasteiger partial charge in [-0.2, -0.15) is 0 Å². The van der Waals surface area contributed by atoms with Gasteiger partial charge in [0.1, 0.15) is 23.1 Å². The molecule has 0 fully saturated rings. The van der Waals surface area contributed by atoms with Crippen LogP contribution in [0.4, 0.5) is 13.2 Å². The first-order chi connectivity index (χ1) is 16.0. The van der Waals surface area contributed by atoms with Gasteiger partial charge in [-0.15, -0.1) is 6.58 Å². The molecule has 164 valence electrons. The third kappa shape index (κ3) is 5.32. The number of pyridine rings is 1. The minimum Gasteiger partial charge on any atom is -0.248 e. The van der Waals surface area contributed by atoms with Gasteiger partial charge in [0, 0.05) is 17.3 Å². The van der Waals surface area contributed by atoms with Crippen molar-refractivity contribution in [3.8, 4) is 11.8 Å². The second kappa shape index (κ2) is 10.2. The van der Waals surface area contributed by atoms with Crippen molar-refractivity contribution in [1.29, 1.82) is 0 Å². The Hall–Kier alpha value is -3.84. The van der Waals surface area contributed by atoms with E-state index in [1.54, 1.807) is 24.4 Å². The van der Waals surface area contributed by atoms with Crippen LogP contribution in [0, 0.1) is 29.3 Å². The molecule has 4 rings (SSSR count). The number of rotatable bonds is 6. The van der Waals surface area contributed by atoms with E-state index < -0.39 is 11.6 Å². The summed E-state index contributed by atoms with van der Waals surface area (Å²) in [6.07, 6.45) is 5.26. The molecule has 0 aliphatic carbocycles. The first-order valence-electron chi connectivity index (χ1n) is 10.8. The Morgan fingerprint density at radius 3 is 2.55 bits per heavy atom. The van der Waals surface area contributed by atoms with Crippen LogP contribution in [0.5, 0.6) is 0 Å². The van der Waals surface area contributed by atoms with Gasteiger partial charge in [0.15, 0.2) is 0 Å². The van der Waals surface area contributed by atoms with Crippen LogP contribution in [0.25, 0.3) is 10.8 Å². The Morgan fingerprint density at radius 2 is 1.76 bits per heavy atom. The lowest BCUT2D eigenvalue weighted by molar-refractivity contribution is 0.544. The summed E-state index contributed by atoms with van der Waals surface area (Å²) in [4.78, 5) is 4.37. The summed E-state index contributed by atoms with van der Waals surface area (Å²) in [6.45, 7) is 3.65. The van der Waals surface area contributed by atoms with Crippen molar-refractivity contribution >= 4 is 10.8 Å². The summed E-state index contributed by atoms with van der Waals surface area (Å²) in [6, 6.07) is 16.7. The first kappa shape index (κ1) is 22.4. The summed E-state index contributed by atoms with van der Waals surface area (Å²) in [5.41, 5.74) is 2.86. The number of aromatic nitrogens is 1. The van der Waals surface area contributed by atoms with Crippen molar-refractivity contribution in [2.45, 2.75) is 25.7 Å². The van der Waals surface area contributed by atoms with E-state index in [1.807, 2.05) is 24.3 Å². The zero-order valence-electron chi connectivity index (χ0n) is 18.0. The second-order valence-electron chi connectivity index (χ2n) is 7.80. The van der Waals surface area contributed by atoms with E-state index in [9.17, 15) is 13.2 Å². The smallest absolute Gasteiger partial charge is 0.132 e. The maximum Gasteiger partial charge on any atom is 0.132 e. The van der Waals surface area contributed by atoms with E-state index in [2.05, 4.69) is 23.4 Å². The predicted octanol–water partition coefficient (Wildman–Crippen LogP) is 6.96. The molecular formula is C29H22F3N. The third-order valence-electron chi connectivity index (χ3n) is 5.54. The van der Waals surface area contributed by atoms with E-state index in [-0.39, 0.29) is 17.8 Å². The fraction of sp³-hybridized carbons (Fsp3) is 0.138. The Bertz CT molecular complexity index is 1360. The van der Waals surface area contributed by atoms with Crippen LogP contribution < -0.4 is 0 Å². The number of allylic oxidation sites excluding steroid dienone is 1. The molecule has 0 amide bonds. The topological polar surface area (TPSA) is 12.9 Å². The molecule has 0 radical (unpaired) electrons. The summed E-state index contributed by atoms with van der Waals surface area (Å²) in [5.74, 6) is 4.85. The van der Waals surface area contributed by atoms with Crippen molar-refractivity contribution in [3.05, 3.63) is 125 Å². The summed E-state index contributed by atoms with van der Waals surface area (Å²) >= 11 is 0. The minimum atomic E-state index is -0.528. The Labute approximate surface area is 191 Å². The lowest BCUT2D eigenvalue weighted by Crippen LogP contribution is -2.03. The van der Waals surface area contributed by atoms with Crippen molar-refractivity contribution in [2.75, 3.05) is 0 Å². The number of nitrogens with zero attached hydrogens (tertiary/aromatic N) is 1. The van der Waals surface area contributed by atoms with Gasteiger partial charge in [-0.25, -0.2) is 18.2 Å². The Balaban J connectivity index is 1.47. The predicted molar refractivity (Wildman–Crippen MR) is 126 cm³/mol. The van der Waals surface area contributed by atoms with Crippen molar-refractivity contribution < 1.29 is 13.2 Å². The van der Waals surface area contributed by atoms with E-state index in [0.717, 1.165) is 21.9 Å². The maximum absolute atomic E-state index is 14.7. The highest BCUT2D eigenvalue weighted by Crippen LogP contribution is 2.21. The van der Waals surface area contributed by atoms with Crippen LogP contribution in [0.1, 0.15) is 34.4 Å². The molecule has 0 saturated heterocycles. The summed E-state index contributed by atoms with van der Waals surface area (Å²) in [5, 5.41) is 1.67. The molecule has 0 unspecified atom stereocenters. The van der Waals surface area contributed by atoms with E-state index in [1.165, 1.54) is 24.3 Å². The zero-order valence-corrected chi connectivity index (χ0v) is 18.0. The highest BCUT2D eigenvalue weighted by Gasteiger charge is 2.13. The molecule has 0 bridgehead atoms. The fourth-order valence-electron chi connectivity index (χ4n) is 3.74. The zero-order chi connectivity index (χ0) is 23.2. The lowest BCUT2D eigenvalue weighted by atomic mass is 9.99. The highest BCUT2D eigenvalue weighted by molar-refractivity contribution is 5.88. The van der Waals surface area contributed by atoms with Gasteiger partial charge in [-0.05, 0) is 83.8 Å².